The van der Waals surface area contributed by atoms with E-state index < -0.39 is 0 Å². The van der Waals surface area contributed by atoms with Crippen molar-refractivity contribution in [2.45, 2.75) is 13.0 Å². The highest BCUT2D eigenvalue weighted by atomic mass is 79.9. The minimum atomic E-state index is -0.345. The fourth-order valence-corrected chi connectivity index (χ4v) is 2.15. The summed E-state index contributed by atoms with van der Waals surface area (Å²) in [5.74, 6) is 0. The summed E-state index contributed by atoms with van der Waals surface area (Å²) in [7, 11) is 0. The molecule has 0 fully saturated rings. The molecule has 1 atom stereocenters. The zero-order valence-corrected chi connectivity index (χ0v) is 10.7. The maximum Gasteiger partial charge on any atom is 0.0684 e. The number of halogens is 1. The minimum Gasteiger partial charge on any atom is -0.392 e. The van der Waals surface area contributed by atoms with Gasteiger partial charge in [-0.05, 0) is 24.4 Å². The topological polar surface area (TPSA) is 32.3 Å². The van der Waals surface area contributed by atoms with Gasteiger partial charge in [0, 0.05) is 22.1 Å². The van der Waals surface area contributed by atoms with Crippen molar-refractivity contribution >= 4 is 32.4 Å². The molecule has 2 aromatic rings. The SMILES string of the molecule is C[C@H](O)CNc1ccc(Br)c2ccccc12. The Morgan fingerprint density at radius 2 is 1.88 bits per heavy atom. The first-order chi connectivity index (χ1) is 7.68. The van der Waals surface area contributed by atoms with Crippen LogP contribution in [0.1, 0.15) is 6.92 Å². The van der Waals surface area contributed by atoms with Gasteiger partial charge in [0.2, 0.25) is 0 Å². The van der Waals surface area contributed by atoms with Crippen LogP contribution in [-0.2, 0) is 0 Å². The molecule has 0 aliphatic heterocycles. The van der Waals surface area contributed by atoms with Crippen molar-refractivity contribution in [2.75, 3.05) is 11.9 Å². The van der Waals surface area contributed by atoms with E-state index in [1.54, 1.807) is 6.92 Å². The fraction of sp³-hybridized carbons (Fsp3) is 0.231. The van der Waals surface area contributed by atoms with Crippen LogP contribution in [0, 0.1) is 0 Å². The molecule has 0 amide bonds. The molecule has 0 spiro atoms. The van der Waals surface area contributed by atoms with Crippen molar-refractivity contribution in [1.29, 1.82) is 0 Å². The number of anilines is 1. The van der Waals surface area contributed by atoms with E-state index in [0.717, 1.165) is 15.5 Å². The van der Waals surface area contributed by atoms with Crippen LogP contribution in [0.5, 0.6) is 0 Å². The van der Waals surface area contributed by atoms with Crippen molar-refractivity contribution in [3.63, 3.8) is 0 Å². The normalized spacial score (nSPS) is 12.7. The van der Waals surface area contributed by atoms with Crippen LogP contribution in [0.2, 0.25) is 0 Å². The van der Waals surface area contributed by atoms with Gasteiger partial charge in [0.05, 0.1) is 6.10 Å². The molecule has 0 heterocycles. The van der Waals surface area contributed by atoms with Gasteiger partial charge in [0.1, 0.15) is 0 Å². The lowest BCUT2D eigenvalue weighted by Gasteiger charge is -2.12. The summed E-state index contributed by atoms with van der Waals surface area (Å²) in [5, 5.41) is 14.9. The first-order valence-electron chi connectivity index (χ1n) is 5.27. The Kier molecular flexibility index (Phi) is 3.46. The van der Waals surface area contributed by atoms with Crippen molar-refractivity contribution < 1.29 is 5.11 Å². The maximum absolute atomic E-state index is 9.27. The second-order valence-corrected chi connectivity index (χ2v) is 4.72. The van der Waals surface area contributed by atoms with E-state index in [0.29, 0.717) is 6.54 Å². The van der Waals surface area contributed by atoms with Gasteiger partial charge in [-0.1, -0.05) is 40.2 Å². The Balaban J connectivity index is 2.42. The third-order valence-corrected chi connectivity index (χ3v) is 3.15. The zero-order chi connectivity index (χ0) is 11.5. The van der Waals surface area contributed by atoms with Gasteiger partial charge in [-0.25, -0.2) is 0 Å². The first-order valence-corrected chi connectivity index (χ1v) is 6.07. The Labute approximate surface area is 103 Å². The highest BCUT2D eigenvalue weighted by molar-refractivity contribution is 9.10. The van der Waals surface area contributed by atoms with E-state index in [4.69, 9.17) is 0 Å². The molecular weight excluding hydrogens is 266 g/mol. The smallest absolute Gasteiger partial charge is 0.0684 e. The molecule has 2 N–H and O–H groups in total. The molecule has 0 unspecified atom stereocenters. The quantitative estimate of drug-likeness (QED) is 0.903. The molecule has 0 saturated carbocycles. The Bertz CT molecular complexity index is 496. The molecule has 0 bridgehead atoms. The second kappa shape index (κ2) is 4.85. The zero-order valence-electron chi connectivity index (χ0n) is 9.07. The van der Waals surface area contributed by atoms with Gasteiger partial charge in [0.25, 0.3) is 0 Å². The largest absolute Gasteiger partial charge is 0.392 e. The molecule has 2 nitrogen and oxygen atoms in total. The molecule has 2 rings (SSSR count). The standard InChI is InChI=1S/C13H14BrNO/c1-9(16)8-15-13-7-6-12(14)10-4-2-3-5-11(10)13/h2-7,9,15-16H,8H2,1H3/t9-/m0/s1. The molecule has 84 valence electrons. The molecule has 16 heavy (non-hydrogen) atoms. The number of fused-ring (bicyclic) bond motifs is 1. The van der Waals surface area contributed by atoms with Crippen LogP contribution in [0.15, 0.2) is 40.9 Å². The first kappa shape index (κ1) is 11.4. The van der Waals surface area contributed by atoms with E-state index in [2.05, 4.69) is 33.4 Å². The van der Waals surface area contributed by atoms with Crippen LogP contribution in [0.3, 0.4) is 0 Å². The summed E-state index contributed by atoms with van der Waals surface area (Å²) in [4.78, 5) is 0. The monoisotopic (exact) mass is 279 g/mol. The summed E-state index contributed by atoms with van der Waals surface area (Å²) in [5.41, 5.74) is 1.06. The minimum absolute atomic E-state index is 0.345. The summed E-state index contributed by atoms with van der Waals surface area (Å²) in [6.07, 6.45) is -0.345. The van der Waals surface area contributed by atoms with Crippen molar-refractivity contribution in [2.24, 2.45) is 0 Å². The number of hydrogen-bond acceptors (Lipinski definition) is 2. The second-order valence-electron chi connectivity index (χ2n) is 3.87. The summed E-state index contributed by atoms with van der Waals surface area (Å²) >= 11 is 3.53. The van der Waals surface area contributed by atoms with Crippen LogP contribution in [0.25, 0.3) is 10.8 Å². The van der Waals surface area contributed by atoms with Crippen molar-refractivity contribution in [3.05, 3.63) is 40.9 Å². The lowest BCUT2D eigenvalue weighted by Crippen LogP contribution is -2.15. The van der Waals surface area contributed by atoms with E-state index in [9.17, 15) is 5.11 Å². The highest BCUT2D eigenvalue weighted by Gasteiger charge is 2.04. The van der Waals surface area contributed by atoms with E-state index in [1.165, 1.54) is 5.39 Å². The number of benzene rings is 2. The third-order valence-electron chi connectivity index (χ3n) is 2.46. The van der Waals surface area contributed by atoms with Crippen LogP contribution in [0.4, 0.5) is 5.69 Å². The molecular formula is C13H14BrNO. The number of aliphatic hydroxyl groups excluding tert-OH is 1. The van der Waals surface area contributed by atoms with Crippen molar-refractivity contribution in [3.8, 4) is 0 Å². The van der Waals surface area contributed by atoms with E-state index in [-0.39, 0.29) is 6.10 Å². The summed E-state index contributed by atoms with van der Waals surface area (Å²) in [6, 6.07) is 12.2. The average molecular weight is 280 g/mol. The molecule has 0 radical (unpaired) electrons. The molecule has 0 aliphatic carbocycles. The predicted molar refractivity (Wildman–Crippen MR) is 71.8 cm³/mol. The van der Waals surface area contributed by atoms with Crippen molar-refractivity contribution in [1.82, 2.24) is 0 Å². The van der Waals surface area contributed by atoms with Gasteiger partial charge in [-0.15, -0.1) is 0 Å². The summed E-state index contributed by atoms with van der Waals surface area (Å²) < 4.78 is 1.09. The summed E-state index contributed by atoms with van der Waals surface area (Å²) in [6.45, 7) is 2.33. The molecule has 3 heteroatoms. The molecule has 0 saturated heterocycles. The number of hydrogen-bond donors (Lipinski definition) is 2. The van der Waals surface area contributed by atoms with Gasteiger partial charge in [-0.3, -0.25) is 0 Å². The fourth-order valence-electron chi connectivity index (χ4n) is 1.67. The number of aliphatic hydroxyl groups is 1. The number of nitrogens with one attached hydrogen (secondary N) is 1. The van der Waals surface area contributed by atoms with Gasteiger partial charge in [-0.2, -0.15) is 0 Å². The van der Waals surface area contributed by atoms with Gasteiger partial charge >= 0.3 is 0 Å². The maximum atomic E-state index is 9.27. The van der Waals surface area contributed by atoms with Crippen LogP contribution in [-0.4, -0.2) is 17.8 Å². The average Bonchev–Trinajstić information content (AvgIpc) is 2.28. The lowest BCUT2D eigenvalue weighted by molar-refractivity contribution is 0.208. The van der Waals surface area contributed by atoms with Crippen LogP contribution < -0.4 is 5.32 Å². The van der Waals surface area contributed by atoms with Gasteiger partial charge < -0.3 is 10.4 Å². The van der Waals surface area contributed by atoms with Crippen LogP contribution >= 0.6 is 15.9 Å². The predicted octanol–water partition coefficient (Wildman–Crippen LogP) is 3.40. The third kappa shape index (κ3) is 2.36. The Morgan fingerprint density at radius 1 is 1.19 bits per heavy atom. The highest BCUT2D eigenvalue weighted by Crippen LogP contribution is 2.29. The lowest BCUT2D eigenvalue weighted by atomic mass is 10.1. The Morgan fingerprint density at radius 3 is 2.56 bits per heavy atom. The van der Waals surface area contributed by atoms with E-state index in [1.807, 2.05) is 24.3 Å². The molecule has 0 aliphatic rings. The molecule has 2 aromatic carbocycles. The Hall–Kier alpha value is -1.06. The van der Waals surface area contributed by atoms with Gasteiger partial charge in [0.15, 0.2) is 0 Å². The number of rotatable bonds is 3. The van der Waals surface area contributed by atoms with E-state index >= 15 is 0 Å². The molecule has 0 aromatic heterocycles.